The third-order valence-corrected chi connectivity index (χ3v) is 7.33. The number of thiazole rings is 1. The Hall–Kier alpha value is -1.34. The molecule has 2 heterocycles. The van der Waals surface area contributed by atoms with Crippen LogP contribution in [0.4, 0.5) is 5.13 Å². The molecule has 5 nitrogen and oxygen atoms in total. The number of benzene rings is 1. The maximum atomic E-state index is 13.4. The molecule has 2 atom stereocenters. The van der Waals surface area contributed by atoms with Crippen molar-refractivity contribution in [2.45, 2.75) is 51.6 Å². The summed E-state index contributed by atoms with van der Waals surface area (Å²) < 4.78 is 0. The number of nitrogens with one attached hydrogen (secondary N) is 1. The number of hydrogen-bond donors (Lipinski definition) is 2. The highest BCUT2D eigenvalue weighted by Crippen LogP contribution is 2.46. The number of anilines is 1. The van der Waals surface area contributed by atoms with Gasteiger partial charge < -0.3 is 15.3 Å². The molecule has 0 saturated carbocycles. The molecular weight excluding hydrogens is 441 g/mol. The molecule has 0 spiro atoms. The lowest BCUT2D eigenvalue weighted by Crippen LogP contribution is -2.59. The standard InChI is InChI=1S/C22H29Cl2N3O2S/c1-14(2)18(26-20-25-17(11-23)12-30-20)19(28)27-10-9-22(29,21(3,4)13-27)15-5-7-16(24)8-6-15/h5-8,12,14,18,29H,9-11,13H2,1-4H3,(H,25,26). The molecule has 2 unspecified atom stereocenters. The van der Waals surface area contributed by atoms with E-state index < -0.39 is 17.1 Å². The average molecular weight is 470 g/mol. The summed E-state index contributed by atoms with van der Waals surface area (Å²) in [6.45, 7) is 8.99. The first-order valence-corrected chi connectivity index (χ1v) is 11.9. The summed E-state index contributed by atoms with van der Waals surface area (Å²) in [4.78, 5) is 19.7. The Bertz CT molecular complexity index is 885. The number of aromatic nitrogens is 1. The SMILES string of the molecule is CC(C)C(Nc1nc(CCl)cs1)C(=O)N1CCC(O)(c2ccc(Cl)cc2)C(C)(C)C1. The van der Waals surface area contributed by atoms with Gasteiger partial charge >= 0.3 is 0 Å². The third-order valence-electron chi connectivity index (χ3n) is 5.98. The minimum absolute atomic E-state index is 0.0267. The van der Waals surface area contributed by atoms with Crippen molar-refractivity contribution in [1.29, 1.82) is 0 Å². The minimum Gasteiger partial charge on any atom is -0.384 e. The molecule has 0 radical (unpaired) electrons. The van der Waals surface area contributed by atoms with Crippen molar-refractivity contribution in [3.63, 3.8) is 0 Å². The van der Waals surface area contributed by atoms with Gasteiger partial charge in [0, 0.05) is 28.9 Å². The molecule has 1 amide bonds. The van der Waals surface area contributed by atoms with Crippen LogP contribution in [0.25, 0.3) is 0 Å². The van der Waals surface area contributed by atoms with Crippen molar-refractivity contribution in [3.8, 4) is 0 Å². The molecule has 3 rings (SSSR count). The van der Waals surface area contributed by atoms with Crippen molar-refractivity contribution in [2.75, 3.05) is 18.4 Å². The van der Waals surface area contributed by atoms with Gasteiger partial charge in [-0.3, -0.25) is 4.79 Å². The van der Waals surface area contributed by atoms with E-state index in [1.54, 1.807) is 12.1 Å². The molecule has 1 aromatic carbocycles. The van der Waals surface area contributed by atoms with Crippen molar-refractivity contribution >= 4 is 45.6 Å². The van der Waals surface area contributed by atoms with E-state index in [-0.39, 0.29) is 11.8 Å². The van der Waals surface area contributed by atoms with Crippen LogP contribution in [0.15, 0.2) is 29.6 Å². The molecule has 1 saturated heterocycles. The van der Waals surface area contributed by atoms with Crippen LogP contribution in [0.3, 0.4) is 0 Å². The predicted molar refractivity (Wildman–Crippen MR) is 124 cm³/mol. The molecule has 1 aliphatic rings. The van der Waals surface area contributed by atoms with Crippen LogP contribution in [0.2, 0.25) is 5.02 Å². The second kappa shape index (κ2) is 9.03. The summed E-state index contributed by atoms with van der Waals surface area (Å²) in [6.07, 6.45) is 0.464. The Morgan fingerprint density at radius 2 is 2.00 bits per heavy atom. The molecule has 2 N–H and O–H groups in total. The van der Waals surface area contributed by atoms with Crippen LogP contribution >= 0.6 is 34.5 Å². The first-order chi connectivity index (χ1) is 14.1. The lowest BCUT2D eigenvalue weighted by atomic mass is 9.66. The van der Waals surface area contributed by atoms with E-state index in [1.165, 1.54) is 11.3 Å². The molecule has 2 aromatic rings. The summed E-state index contributed by atoms with van der Waals surface area (Å²) in [7, 11) is 0. The number of carbonyl (C=O) groups is 1. The summed E-state index contributed by atoms with van der Waals surface area (Å²) in [6, 6.07) is 6.94. The van der Waals surface area contributed by atoms with Crippen molar-refractivity contribution < 1.29 is 9.90 Å². The number of alkyl halides is 1. The zero-order valence-corrected chi connectivity index (χ0v) is 20.1. The normalized spacial score (nSPS) is 22.2. The summed E-state index contributed by atoms with van der Waals surface area (Å²) in [5.74, 6) is 0.460. The third kappa shape index (κ3) is 4.62. The molecule has 1 aliphatic heterocycles. The zero-order valence-electron chi connectivity index (χ0n) is 17.8. The minimum atomic E-state index is -1.03. The monoisotopic (exact) mass is 469 g/mol. The van der Waals surface area contributed by atoms with Crippen LogP contribution in [0.1, 0.15) is 45.4 Å². The Morgan fingerprint density at radius 3 is 2.53 bits per heavy atom. The molecule has 0 bridgehead atoms. The van der Waals surface area contributed by atoms with E-state index in [4.69, 9.17) is 23.2 Å². The van der Waals surface area contributed by atoms with E-state index >= 15 is 0 Å². The molecule has 1 fully saturated rings. The van der Waals surface area contributed by atoms with Crippen LogP contribution in [0.5, 0.6) is 0 Å². The van der Waals surface area contributed by atoms with Crippen molar-refractivity contribution in [3.05, 3.63) is 45.9 Å². The Balaban J connectivity index is 1.77. The molecular formula is C22H29Cl2N3O2S. The molecule has 30 heavy (non-hydrogen) atoms. The number of hydrogen-bond acceptors (Lipinski definition) is 5. The fourth-order valence-corrected chi connectivity index (χ4v) is 5.15. The number of aliphatic hydroxyl groups is 1. The lowest BCUT2D eigenvalue weighted by molar-refractivity contribution is -0.154. The van der Waals surface area contributed by atoms with Crippen LogP contribution < -0.4 is 5.32 Å². The Kier molecular flexibility index (Phi) is 7.02. The second-order valence-electron chi connectivity index (χ2n) is 8.90. The lowest BCUT2D eigenvalue weighted by Gasteiger charge is -2.51. The number of rotatable bonds is 6. The number of nitrogens with zero attached hydrogens (tertiary/aromatic N) is 2. The largest absolute Gasteiger partial charge is 0.384 e. The Morgan fingerprint density at radius 1 is 1.33 bits per heavy atom. The smallest absolute Gasteiger partial charge is 0.245 e. The molecule has 8 heteroatoms. The summed E-state index contributed by atoms with van der Waals surface area (Å²) >= 11 is 13.3. The van der Waals surface area contributed by atoms with Crippen LogP contribution in [-0.2, 0) is 16.3 Å². The molecule has 1 aromatic heterocycles. The highest BCUT2D eigenvalue weighted by Gasteiger charge is 2.50. The fraction of sp³-hybridized carbons (Fsp3) is 0.545. The van der Waals surface area contributed by atoms with Gasteiger partial charge in [0.2, 0.25) is 5.91 Å². The van der Waals surface area contributed by atoms with Gasteiger partial charge in [0.1, 0.15) is 6.04 Å². The van der Waals surface area contributed by atoms with E-state index in [2.05, 4.69) is 10.3 Å². The Labute approximate surface area is 192 Å². The topological polar surface area (TPSA) is 65.5 Å². The number of carbonyl (C=O) groups excluding carboxylic acids is 1. The highest BCUT2D eigenvalue weighted by molar-refractivity contribution is 7.13. The predicted octanol–water partition coefficient (Wildman–Crippen LogP) is 5.12. The maximum Gasteiger partial charge on any atom is 0.245 e. The van der Waals surface area contributed by atoms with Gasteiger partial charge in [-0.1, -0.05) is 51.4 Å². The van der Waals surface area contributed by atoms with Gasteiger partial charge in [-0.05, 0) is 30.0 Å². The summed E-state index contributed by atoms with van der Waals surface area (Å²) in [5, 5.41) is 18.1. The van der Waals surface area contributed by atoms with Crippen molar-refractivity contribution in [1.82, 2.24) is 9.88 Å². The maximum absolute atomic E-state index is 13.4. The number of amides is 1. The average Bonchev–Trinajstić information content (AvgIpc) is 3.15. The van der Waals surface area contributed by atoms with Gasteiger partial charge in [0.15, 0.2) is 5.13 Å². The van der Waals surface area contributed by atoms with E-state index in [1.807, 2.05) is 50.1 Å². The van der Waals surface area contributed by atoms with E-state index in [9.17, 15) is 9.90 Å². The second-order valence-corrected chi connectivity index (χ2v) is 10.5. The van der Waals surface area contributed by atoms with Crippen LogP contribution in [0, 0.1) is 11.3 Å². The van der Waals surface area contributed by atoms with Gasteiger partial charge in [0.25, 0.3) is 0 Å². The summed E-state index contributed by atoms with van der Waals surface area (Å²) in [5.41, 5.74) is 0.0771. The van der Waals surface area contributed by atoms with Gasteiger partial charge in [-0.2, -0.15) is 0 Å². The zero-order chi connectivity index (χ0) is 22.1. The van der Waals surface area contributed by atoms with E-state index in [0.29, 0.717) is 35.5 Å². The first-order valence-electron chi connectivity index (χ1n) is 10.1. The van der Waals surface area contributed by atoms with Gasteiger partial charge in [-0.25, -0.2) is 4.98 Å². The fourth-order valence-electron chi connectivity index (χ4n) is 4.05. The van der Waals surface area contributed by atoms with Crippen LogP contribution in [-0.4, -0.2) is 40.0 Å². The van der Waals surface area contributed by atoms with Crippen molar-refractivity contribution in [2.24, 2.45) is 11.3 Å². The quantitative estimate of drug-likeness (QED) is 0.576. The van der Waals surface area contributed by atoms with E-state index in [0.717, 1.165) is 11.3 Å². The molecule has 0 aliphatic carbocycles. The van der Waals surface area contributed by atoms with Gasteiger partial charge in [0.05, 0.1) is 17.2 Å². The first kappa shape index (κ1) is 23.3. The number of halogens is 2. The number of piperidine rings is 1. The highest BCUT2D eigenvalue weighted by atomic mass is 35.5. The van der Waals surface area contributed by atoms with Gasteiger partial charge in [-0.15, -0.1) is 22.9 Å². The molecule has 164 valence electrons. The number of likely N-dealkylation sites (tertiary alicyclic amines) is 1.